The van der Waals surface area contributed by atoms with Crippen molar-refractivity contribution in [2.45, 2.75) is 6.92 Å². The lowest BCUT2D eigenvalue weighted by atomic mass is 10.2. The zero-order valence-electron chi connectivity index (χ0n) is 12.9. The van der Waals surface area contributed by atoms with Crippen LogP contribution < -0.4 is 10.2 Å². The van der Waals surface area contributed by atoms with Crippen LogP contribution in [0.25, 0.3) is 0 Å². The number of carbonyl (C=O) groups is 1. The van der Waals surface area contributed by atoms with Gasteiger partial charge in [0.1, 0.15) is 12.9 Å². The molecular weight excluding hydrogens is 278 g/mol. The van der Waals surface area contributed by atoms with Crippen LogP contribution in [0.1, 0.15) is 17.3 Å². The zero-order valence-corrected chi connectivity index (χ0v) is 12.9. The Morgan fingerprint density at radius 1 is 1.09 bits per heavy atom. The van der Waals surface area contributed by atoms with E-state index in [0.717, 1.165) is 17.2 Å². The van der Waals surface area contributed by atoms with Gasteiger partial charge in [0.05, 0.1) is 0 Å². The van der Waals surface area contributed by atoms with Crippen LogP contribution in [0.4, 0.5) is 11.4 Å². The summed E-state index contributed by atoms with van der Waals surface area (Å²) in [6, 6.07) is 16.6. The number of benzene rings is 2. The molecule has 2 rings (SSSR count). The highest BCUT2D eigenvalue weighted by Crippen LogP contribution is 2.18. The number of hydrogen-bond acceptors (Lipinski definition) is 3. The molecule has 5 nitrogen and oxygen atoms in total. The van der Waals surface area contributed by atoms with Gasteiger partial charge in [-0.05, 0) is 43.3 Å². The molecule has 0 unspecified atom stereocenters. The minimum atomic E-state index is -0.126. The van der Waals surface area contributed by atoms with Gasteiger partial charge < -0.3 is 15.1 Å². The highest BCUT2D eigenvalue weighted by Gasteiger charge is 2.07. The first-order chi connectivity index (χ1) is 10.6. The standard InChI is InChI=1S/C17H19N3O2/c1-13(19-22-3)20(2)16-11-9-15(10-12-16)18-17(21)14-7-5-4-6-8-14/h4-12H,1-3H3,(H,18,21). The van der Waals surface area contributed by atoms with Gasteiger partial charge in [0.15, 0.2) is 0 Å². The van der Waals surface area contributed by atoms with Gasteiger partial charge in [0.25, 0.3) is 5.91 Å². The van der Waals surface area contributed by atoms with Crippen LogP contribution >= 0.6 is 0 Å². The summed E-state index contributed by atoms with van der Waals surface area (Å²) in [6.45, 7) is 1.86. The number of amides is 1. The van der Waals surface area contributed by atoms with Crippen molar-refractivity contribution < 1.29 is 9.63 Å². The second-order valence-corrected chi connectivity index (χ2v) is 4.75. The second kappa shape index (κ2) is 7.26. The van der Waals surface area contributed by atoms with Crippen LogP contribution in [0, 0.1) is 0 Å². The van der Waals surface area contributed by atoms with Gasteiger partial charge >= 0.3 is 0 Å². The van der Waals surface area contributed by atoms with E-state index >= 15 is 0 Å². The number of nitrogens with zero attached hydrogens (tertiary/aromatic N) is 2. The lowest BCUT2D eigenvalue weighted by Crippen LogP contribution is -2.23. The lowest BCUT2D eigenvalue weighted by molar-refractivity contribution is 0.102. The SMILES string of the molecule is CON=C(C)N(C)c1ccc(NC(=O)c2ccccc2)cc1. The van der Waals surface area contributed by atoms with Gasteiger partial charge in [-0.15, -0.1) is 0 Å². The molecule has 0 aliphatic heterocycles. The molecule has 0 aliphatic carbocycles. The first kappa shape index (κ1) is 15.6. The van der Waals surface area contributed by atoms with Gasteiger partial charge in [0.2, 0.25) is 0 Å². The molecular formula is C17H19N3O2. The van der Waals surface area contributed by atoms with Crippen LogP contribution in [0.5, 0.6) is 0 Å². The summed E-state index contributed by atoms with van der Waals surface area (Å²) in [5, 5.41) is 6.75. The van der Waals surface area contributed by atoms with Crippen molar-refractivity contribution in [2.24, 2.45) is 5.16 Å². The van der Waals surface area contributed by atoms with E-state index in [2.05, 4.69) is 10.5 Å². The van der Waals surface area contributed by atoms with Crippen LogP contribution in [0.3, 0.4) is 0 Å². The van der Waals surface area contributed by atoms with E-state index in [4.69, 9.17) is 4.84 Å². The lowest BCUT2D eigenvalue weighted by Gasteiger charge is -2.18. The average molecular weight is 297 g/mol. The summed E-state index contributed by atoms with van der Waals surface area (Å²) in [5.41, 5.74) is 2.33. The maximum Gasteiger partial charge on any atom is 0.255 e. The predicted molar refractivity (Wildman–Crippen MR) is 89.4 cm³/mol. The van der Waals surface area contributed by atoms with Gasteiger partial charge in [-0.1, -0.05) is 23.4 Å². The molecule has 114 valence electrons. The molecule has 1 N–H and O–H groups in total. The van der Waals surface area contributed by atoms with E-state index < -0.39 is 0 Å². The molecule has 0 aromatic heterocycles. The smallest absolute Gasteiger partial charge is 0.255 e. The molecule has 2 aromatic rings. The van der Waals surface area contributed by atoms with E-state index in [1.807, 2.05) is 61.3 Å². The minimum Gasteiger partial charge on any atom is -0.398 e. The predicted octanol–water partition coefficient (Wildman–Crippen LogP) is 3.35. The Kier molecular flexibility index (Phi) is 5.14. The summed E-state index contributed by atoms with van der Waals surface area (Å²) < 4.78 is 0. The van der Waals surface area contributed by atoms with Crippen molar-refractivity contribution in [3.05, 3.63) is 60.2 Å². The number of anilines is 2. The van der Waals surface area contributed by atoms with Crippen molar-refractivity contribution in [3.8, 4) is 0 Å². The number of rotatable bonds is 4. The van der Waals surface area contributed by atoms with Crippen molar-refractivity contribution in [2.75, 3.05) is 24.4 Å². The molecule has 0 atom stereocenters. The molecule has 0 fully saturated rings. The van der Waals surface area contributed by atoms with Gasteiger partial charge in [-0.2, -0.15) is 0 Å². The Morgan fingerprint density at radius 2 is 1.73 bits per heavy atom. The van der Waals surface area contributed by atoms with Gasteiger partial charge in [-0.3, -0.25) is 4.79 Å². The molecule has 2 aromatic carbocycles. The Hall–Kier alpha value is -2.82. The summed E-state index contributed by atoms with van der Waals surface area (Å²) in [6.07, 6.45) is 0. The van der Waals surface area contributed by atoms with E-state index in [9.17, 15) is 4.79 Å². The van der Waals surface area contributed by atoms with E-state index in [1.165, 1.54) is 7.11 Å². The molecule has 0 heterocycles. The van der Waals surface area contributed by atoms with Crippen molar-refractivity contribution in [1.82, 2.24) is 0 Å². The van der Waals surface area contributed by atoms with Crippen LogP contribution in [0.2, 0.25) is 0 Å². The molecule has 0 bridgehead atoms. The summed E-state index contributed by atoms with van der Waals surface area (Å²) in [5.74, 6) is 0.613. The highest BCUT2D eigenvalue weighted by atomic mass is 16.6. The van der Waals surface area contributed by atoms with Crippen molar-refractivity contribution >= 4 is 23.1 Å². The fraction of sp³-hybridized carbons (Fsp3) is 0.176. The molecule has 0 spiro atoms. The number of hydrogen-bond donors (Lipinski definition) is 1. The van der Waals surface area contributed by atoms with Crippen LogP contribution in [-0.4, -0.2) is 25.9 Å². The number of oxime groups is 1. The van der Waals surface area contributed by atoms with E-state index in [1.54, 1.807) is 12.1 Å². The molecule has 0 saturated carbocycles. The molecule has 22 heavy (non-hydrogen) atoms. The molecule has 5 heteroatoms. The molecule has 0 radical (unpaired) electrons. The third-order valence-electron chi connectivity index (χ3n) is 3.26. The zero-order chi connectivity index (χ0) is 15.9. The molecule has 1 amide bonds. The number of nitrogens with one attached hydrogen (secondary N) is 1. The quantitative estimate of drug-likeness (QED) is 0.535. The average Bonchev–Trinajstić information content (AvgIpc) is 2.56. The first-order valence-corrected chi connectivity index (χ1v) is 6.90. The van der Waals surface area contributed by atoms with Gasteiger partial charge in [-0.25, -0.2) is 0 Å². The number of amidine groups is 1. The third kappa shape index (κ3) is 3.85. The highest BCUT2D eigenvalue weighted by molar-refractivity contribution is 6.04. The second-order valence-electron chi connectivity index (χ2n) is 4.75. The van der Waals surface area contributed by atoms with Gasteiger partial charge in [0, 0.05) is 24.0 Å². The van der Waals surface area contributed by atoms with E-state index in [0.29, 0.717) is 5.56 Å². The first-order valence-electron chi connectivity index (χ1n) is 6.90. The van der Waals surface area contributed by atoms with E-state index in [-0.39, 0.29) is 5.91 Å². The Morgan fingerprint density at radius 3 is 2.32 bits per heavy atom. The minimum absolute atomic E-state index is 0.126. The Labute approximate surface area is 130 Å². The summed E-state index contributed by atoms with van der Waals surface area (Å²) in [7, 11) is 3.41. The summed E-state index contributed by atoms with van der Waals surface area (Å²) in [4.78, 5) is 18.7. The monoisotopic (exact) mass is 297 g/mol. The fourth-order valence-electron chi connectivity index (χ4n) is 1.94. The number of carbonyl (C=O) groups excluding carboxylic acids is 1. The molecule has 0 saturated heterocycles. The summed E-state index contributed by atoms with van der Waals surface area (Å²) >= 11 is 0. The van der Waals surface area contributed by atoms with Crippen molar-refractivity contribution in [1.29, 1.82) is 0 Å². The third-order valence-corrected chi connectivity index (χ3v) is 3.26. The van der Waals surface area contributed by atoms with Crippen LogP contribution in [-0.2, 0) is 4.84 Å². The Bertz CT molecular complexity index is 651. The Balaban J connectivity index is 2.06. The normalized spacial score (nSPS) is 11.0. The molecule has 0 aliphatic rings. The van der Waals surface area contributed by atoms with Crippen LogP contribution in [0.15, 0.2) is 59.8 Å². The topological polar surface area (TPSA) is 53.9 Å². The fourth-order valence-corrected chi connectivity index (χ4v) is 1.94. The van der Waals surface area contributed by atoms with Crippen molar-refractivity contribution in [3.63, 3.8) is 0 Å². The largest absolute Gasteiger partial charge is 0.398 e. The maximum absolute atomic E-state index is 12.1. The maximum atomic E-state index is 12.1.